The van der Waals surface area contributed by atoms with Gasteiger partial charge in [0.05, 0.1) is 12.1 Å². The molecule has 3 aromatic rings. The van der Waals surface area contributed by atoms with Crippen molar-refractivity contribution in [3.63, 3.8) is 0 Å². The van der Waals surface area contributed by atoms with Crippen molar-refractivity contribution in [1.82, 2.24) is 4.57 Å². The Bertz CT molecular complexity index is 985. The number of hydrogen-bond donors (Lipinski definition) is 1. The standard InChI is InChI=1S/C19H14ClIN2O2/c20-17-7-2-1-4-13(17)11-23-12-14(8-9-18(23)24)19(25)22-16-6-3-5-15(21)10-16/h1-10,12H,11H2,(H,22,25). The van der Waals surface area contributed by atoms with Crippen molar-refractivity contribution in [1.29, 1.82) is 0 Å². The molecule has 0 radical (unpaired) electrons. The van der Waals surface area contributed by atoms with Crippen molar-refractivity contribution in [3.8, 4) is 0 Å². The normalized spacial score (nSPS) is 10.5. The summed E-state index contributed by atoms with van der Waals surface area (Å²) in [6, 6.07) is 17.7. The van der Waals surface area contributed by atoms with E-state index in [0.717, 1.165) is 9.13 Å². The molecule has 4 nitrogen and oxygen atoms in total. The Morgan fingerprint density at radius 1 is 1.08 bits per heavy atom. The number of carbonyl (C=O) groups is 1. The topological polar surface area (TPSA) is 51.1 Å². The lowest BCUT2D eigenvalue weighted by molar-refractivity contribution is 0.102. The van der Waals surface area contributed by atoms with E-state index in [2.05, 4.69) is 27.9 Å². The molecule has 0 aliphatic heterocycles. The average molecular weight is 465 g/mol. The third-order valence-corrected chi connectivity index (χ3v) is 4.67. The van der Waals surface area contributed by atoms with Crippen LogP contribution < -0.4 is 10.9 Å². The highest BCUT2D eigenvalue weighted by Crippen LogP contribution is 2.16. The summed E-state index contributed by atoms with van der Waals surface area (Å²) in [6.45, 7) is 0.308. The van der Waals surface area contributed by atoms with Gasteiger partial charge in [0.1, 0.15) is 0 Å². The van der Waals surface area contributed by atoms with Crippen LogP contribution in [0.25, 0.3) is 0 Å². The van der Waals surface area contributed by atoms with Crippen LogP contribution in [-0.4, -0.2) is 10.5 Å². The Labute approximate surface area is 163 Å². The van der Waals surface area contributed by atoms with Crippen molar-refractivity contribution in [3.05, 3.63) is 96.9 Å². The molecule has 3 rings (SSSR count). The molecule has 0 unspecified atom stereocenters. The smallest absolute Gasteiger partial charge is 0.257 e. The Kier molecular flexibility index (Phi) is 5.55. The van der Waals surface area contributed by atoms with E-state index < -0.39 is 0 Å². The first-order valence-corrected chi connectivity index (χ1v) is 8.99. The van der Waals surface area contributed by atoms with Crippen LogP contribution in [0.5, 0.6) is 0 Å². The van der Waals surface area contributed by atoms with Gasteiger partial charge in [-0.25, -0.2) is 0 Å². The van der Waals surface area contributed by atoms with Crippen molar-refractivity contribution in [2.75, 3.05) is 5.32 Å². The van der Waals surface area contributed by atoms with E-state index in [1.807, 2.05) is 42.5 Å². The van der Waals surface area contributed by atoms with Gasteiger partial charge in [-0.3, -0.25) is 9.59 Å². The maximum Gasteiger partial charge on any atom is 0.257 e. The zero-order valence-electron chi connectivity index (χ0n) is 13.1. The van der Waals surface area contributed by atoms with Crippen molar-refractivity contribution < 1.29 is 4.79 Å². The quantitative estimate of drug-likeness (QED) is 0.582. The molecule has 0 atom stereocenters. The number of benzene rings is 2. The van der Waals surface area contributed by atoms with Crippen LogP contribution in [-0.2, 0) is 6.54 Å². The summed E-state index contributed by atoms with van der Waals surface area (Å²) in [7, 11) is 0. The highest BCUT2D eigenvalue weighted by molar-refractivity contribution is 14.1. The fourth-order valence-corrected chi connectivity index (χ4v) is 3.11. The molecule has 0 saturated heterocycles. The van der Waals surface area contributed by atoms with Crippen LogP contribution in [0.15, 0.2) is 71.7 Å². The molecule has 1 aromatic heterocycles. The second-order valence-electron chi connectivity index (χ2n) is 5.44. The molecule has 0 saturated carbocycles. The van der Waals surface area contributed by atoms with E-state index in [4.69, 9.17) is 11.6 Å². The SMILES string of the molecule is O=C(Nc1cccc(I)c1)c1ccc(=O)n(Cc2ccccc2Cl)c1. The predicted octanol–water partition coefficient (Wildman–Crippen LogP) is 4.41. The lowest BCUT2D eigenvalue weighted by Crippen LogP contribution is -2.22. The van der Waals surface area contributed by atoms with Crippen molar-refractivity contribution in [2.24, 2.45) is 0 Å². The van der Waals surface area contributed by atoms with Crippen LogP contribution >= 0.6 is 34.2 Å². The lowest BCUT2D eigenvalue weighted by atomic mass is 10.2. The van der Waals surface area contributed by atoms with Gasteiger partial charge in [-0.15, -0.1) is 0 Å². The second-order valence-corrected chi connectivity index (χ2v) is 7.09. The molecule has 0 fully saturated rings. The molecule has 1 heterocycles. The number of pyridine rings is 1. The first-order chi connectivity index (χ1) is 12.0. The van der Waals surface area contributed by atoms with E-state index in [1.54, 1.807) is 12.3 Å². The molecular weight excluding hydrogens is 451 g/mol. The number of carbonyl (C=O) groups excluding carboxylic acids is 1. The van der Waals surface area contributed by atoms with Gasteiger partial charge in [0.15, 0.2) is 0 Å². The summed E-state index contributed by atoms with van der Waals surface area (Å²) in [5.74, 6) is -0.269. The summed E-state index contributed by atoms with van der Waals surface area (Å²) in [5.41, 5.74) is 1.75. The first-order valence-electron chi connectivity index (χ1n) is 7.54. The summed E-state index contributed by atoms with van der Waals surface area (Å²) in [6.07, 6.45) is 1.55. The Balaban J connectivity index is 1.85. The van der Waals surface area contributed by atoms with Gasteiger partial charge in [0, 0.05) is 26.5 Å². The number of rotatable bonds is 4. The molecule has 2 aromatic carbocycles. The monoisotopic (exact) mass is 464 g/mol. The summed E-state index contributed by atoms with van der Waals surface area (Å²) in [4.78, 5) is 24.6. The van der Waals surface area contributed by atoms with Crippen LogP contribution in [0.4, 0.5) is 5.69 Å². The maximum absolute atomic E-state index is 12.5. The van der Waals surface area contributed by atoms with Crippen molar-refractivity contribution in [2.45, 2.75) is 6.54 Å². The van der Waals surface area contributed by atoms with Gasteiger partial charge >= 0.3 is 0 Å². The number of aromatic nitrogens is 1. The average Bonchev–Trinajstić information content (AvgIpc) is 2.58. The highest BCUT2D eigenvalue weighted by Gasteiger charge is 2.09. The minimum atomic E-state index is -0.269. The molecule has 1 amide bonds. The largest absolute Gasteiger partial charge is 0.322 e. The lowest BCUT2D eigenvalue weighted by Gasteiger charge is -2.10. The number of nitrogens with one attached hydrogen (secondary N) is 1. The molecular formula is C19H14ClIN2O2. The highest BCUT2D eigenvalue weighted by atomic mass is 127. The van der Waals surface area contributed by atoms with Gasteiger partial charge < -0.3 is 9.88 Å². The molecule has 0 aliphatic carbocycles. The fourth-order valence-electron chi connectivity index (χ4n) is 2.37. The van der Waals surface area contributed by atoms with E-state index in [0.29, 0.717) is 22.8 Å². The molecule has 0 spiro atoms. The molecule has 0 aliphatic rings. The first kappa shape index (κ1) is 17.7. The number of anilines is 1. The van der Waals surface area contributed by atoms with Crippen LogP contribution in [0, 0.1) is 3.57 Å². The second kappa shape index (κ2) is 7.84. The Morgan fingerprint density at radius 3 is 2.64 bits per heavy atom. The number of amides is 1. The van der Waals surface area contributed by atoms with Crippen LogP contribution in [0.3, 0.4) is 0 Å². The zero-order valence-corrected chi connectivity index (χ0v) is 16.0. The predicted molar refractivity (Wildman–Crippen MR) is 108 cm³/mol. The van der Waals surface area contributed by atoms with E-state index >= 15 is 0 Å². The molecule has 25 heavy (non-hydrogen) atoms. The van der Waals surface area contributed by atoms with Gasteiger partial charge in [0.25, 0.3) is 11.5 Å². The number of halogens is 2. The van der Waals surface area contributed by atoms with E-state index in [1.165, 1.54) is 16.7 Å². The Morgan fingerprint density at radius 2 is 1.88 bits per heavy atom. The molecule has 126 valence electrons. The maximum atomic E-state index is 12.5. The summed E-state index contributed by atoms with van der Waals surface area (Å²) < 4.78 is 2.50. The number of hydrogen-bond acceptors (Lipinski definition) is 2. The number of nitrogens with zero attached hydrogens (tertiary/aromatic N) is 1. The zero-order chi connectivity index (χ0) is 17.8. The third-order valence-electron chi connectivity index (χ3n) is 3.63. The fraction of sp³-hybridized carbons (Fsp3) is 0.0526. The van der Waals surface area contributed by atoms with Crippen LogP contribution in [0.2, 0.25) is 5.02 Å². The van der Waals surface area contributed by atoms with Crippen LogP contribution in [0.1, 0.15) is 15.9 Å². The van der Waals surface area contributed by atoms with E-state index in [9.17, 15) is 9.59 Å². The molecule has 1 N–H and O–H groups in total. The minimum absolute atomic E-state index is 0.189. The van der Waals surface area contributed by atoms with Gasteiger partial charge in [-0.1, -0.05) is 35.9 Å². The van der Waals surface area contributed by atoms with Gasteiger partial charge in [-0.05, 0) is 58.5 Å². The summed E-state index contributed by atoms with van der Waals surface area (Å²) >= 11 is 8.34. The van der Waals surface area contributed by atoms with E-state index in [-0.39, 0.29) is 11.5 Å². The minimum Gasteiger partial charge on any atom is -0.322 e. The molecule has 0 bridgehead atoms. The third kappa shape index (κ3) is 4.49. The van der Waals surface area contributed by atoms with Crippen molar-refractivity contribution >= 4 is 45.8 Å². The molecule has 6 heteroatoms. The summed E-state index contributed by atoms with van der Waals surface area (Å²) in [5, 5.41) is 3.42. The van der Waals surface area contributed by atoms with Gasteiger partial charge in [-0.2, -0.15) is 0 Å². The Hall–Kier alpha value is -2.12. The van der Waals surface area contributed by atoms with Gasteiger partial charge in [0.2, 0.25) is 0 Å².